The van der Waals surface area contributed by atoms with Gasteiger partial charge in [-0.05, 0) is 0 Å². The monoisotopic (exact) mass is 193 g/mol. The lowest BCUT2D eigenvalue weighted by molar-refractivity contribution is -0.141. The molecule has 0 amide bonds. The van der Waals surface area contributed by atoms with Gasteiger partial charge in [0.05, 0.1) is 13.7 Å². The van der Waals surface area contributed by atoms with E-state index in [4.69, 9.17) is 5.11 Å². The van der Waals surface area contributed by atoms with Gasteiger partial charge < -0.3 is 9.84 Å². The maximum atomic E-state index is 10.6. The molecular weight excluding hydrogens is 182 g/mol. The van der Waals surface area contributed by atoms with Crippen molar-refractivity contribution in [2.24, 2.45) is 0 Å². The van der Waals surface area contributed by atoms with E-state index in [0.717, 1.165) is 0 Å². The fraction of sp³-hybridized carbons (Fsp3) is 0.667. The summed E-state index contributed by atoms with van der Waals surface area (Å²) >= 11 is 3.79. The Morgan fingerprint density at radius 1 is 1.67 bits per heavy atom. The van der Waals surface area contributed by atoms with Gasteiger partial charge in [-0.15, -0.1) is 0 Å². The van der Waals surface area contributed by atoms with E-state index >= 15 is 0 Å². The van der Waals surface area contributed by atoms with Gasteiger partial charge in [0.2, 0.25) is 0 Å². The van der Waals surface area contributed by atoms with E-state index in [1.54, 1.807) is 0 Å². The molecule has 0 unspecified atom stereocenters. The number of methoxy groups -OCH3 is 1. The highest BCUT2D eigenvalue weighted by atomic mass is 32.1. The molecule has 0 aliphatic heterocycles. The molecule has 12 heavy (non-hydrogen) atoms. The van der Waals surface area contributed by atoms with Crippen molar-refractivity contribution in [3.63, 3.8) is 0 Å². The Morgan fingerprint density at radius 3 is 2.58 bits per heavy atom. The third-order valence-corrected chi connectivity index (χ3v) is 1.57. The minimum Gasteiger partial charge on any atom is -0.480 e. The Balaban J connectivity index is 3.73. The number of carboxylic acids is 1. The zero-order valence-corrected chi connectivity index (χ0v) is 7.51. The number of carboxylic acid groups (broad SMARTS) is 1. The lowest BCUT2D eigenvalue weighted by Crippen LogP contribution is -2.41. The van der Waals surface area contributed by atoms with Crippen molar-refractivity contribution >= 4 is 24.6 Å². The smallest absolute Gasteiger partial charge is 0.321 e. The van der Waals surface area contributed by atoms with Crippen LogP contribution in [0.4, 0.5) is 0 Å². The van der Waals surface area contributed by atoms with Crippen LogP contribution in [0.25, 0.3) is 0 Å². The molecule has 0 spiro atoms. The van der Waals surface area contributed by atoms with Gasteiger partial charge in [0.25, 0.3) is 0 Å². The lowest BCUT2D eigenvalue weighted by atomic mass is 10.3. The summed E-state index contributed by atoms with van der Waals surface area (Å²) in [5.74, 6) is -1.40. The van der Waals surface area contributed by atoms with E-state index in [1.165, 1.54) is 7.11 Å². The number of carbonyl (C=O) groups excluding carboxylic acids is 1. The molecule has 0 radical (unpaired) electrons. The minimum absolute atomic E-state index is 0.117. The van der Waals surface area contributed by atoms with E-state index in [9.17, 15) is 9.59 Å². The molecule has 2 N–H and O–H groups in total. The summed E-state index contributed by atoms with van der Waals surface area (Å²) in [6.07, 6.45) is 0. The maximum Gasteiger partial charge on any atom is 0.321 e. The van der Waals surface area contributed by atoms with Crippen LogP contribution in [0.5, 0.6) is 0 Å². The second kappa shape index (κ2) is 5.84. The summed E-state index contributed by atoms with van der Waals surface area (Å²) in [6.45, 7) is -0.117. The normalized spacial score (nSPS) is 12.2. The number of ether oxygens (including phenoxy) is 1. The minimum atomic E-state index is -1.03. The van der Waals surface area contributed by atoms with Crippen LogP contribution < -0.4 is 5.32 Å². The summed E-state index contributed by atoms with van der Waals surface area (Å²) in [7, 11) is 1.24. The number of carbonyl (C=O) groups is 2. The van der Waals surface area contributed by atoms with Gasteiger partial charge in [-0.25, -0.2) is 0 Å². The first-order valence-corrected chi connectivity index (χ1v) is 3.89. The SMILES string of the molecule is COC(=O)CN[C@@H](CS)C(=O)O. The summed E-state index contributed by atoms with van der Waals surface area (Å²) in [5.41, 5.74) is 0. The highest BCUT2D eigenvalue weighted by Crippen LogP contribution is 1.87. The highest BCUT2D eigenvalue weighted by molar-refractivity contribution is 7.80. The van der Waals surface area contributed by atoms with Gasteiger partial charge in [-0.2, -0.15) is 12.6 Å². The van der Waals surface area contributed by atoms with Crippen LogP contribution in [-0.4, -0.2) is 42.5 Å². The Morgan fingerprint density at radius 2 is 2.25 bits per heavy atom. The first-order valence-electron chi connectivity index (χ1n) is 3.25. The Labute approximate surface area is 75.5 Å². The molecule has 0 aromatic rings. The zero-order chi connectivity index (χ0) is 9.56. The largest absolute Gasteiger partial charge is 0.480 e. The van der Waals surface area contributed by atoms with E-state index in [1.807, 2.05) is 0 Å². The molecular formula is C6H11NO4S. The second-order valence-electron chi connectivity index (χ2n) is 2.03. The molecule has 0 saturated heterocycles. The topological polar surface area (TPSA) is 75.6 Å². The van der Waals surface area contributed by atoms with Crippen LogP contribution >= 0.6 is 12.6 Å². The molecule has 0 saturated carbocycles. The highest BCUT2D eigenvalue weighted by Gasteiger charge is 2.15. The molecule has 0 bridgehead atoms. The number of aliphatic carboxylic acids is 1. The third-order valence-electron chi connectivity index (χ3n) is 1.20. The molecule has 70 valence electrons. The number of nitrogens with one attached hydrogen (secondary N) is 1. The zero-order valence-electron chi connectivity index (χ0n) is 6.61. The van der Waals surface area contributed by atoms with Crippen molar-refractivity contribution in [3.05, 3.63) is 0 Å². The summed E-state index contributed by atoms with van der Waals surface area (Å²) in [4.78, 5) is 20.9. The van der Waals surface area contributed by atoms with E-state index in [-0.39, 0.29) is 12.3 Å². The molecule has 0 fully saturated rings. The fourth-order valence-electron chi connectivity index (χ4n) is 0.509. The molecule has 0 aromatic heterocycles. The second-order valence-corrected chi connectivity index (χ2v) is 2.40. The van der Waals surface area contributed by atoms with Crippen LogP contribution in [-0.2, 0) is 14.3 Å². The maximum absolute atomic E-state index is 10.6. The first kappa shape index (κ1) is 11.2. The van der Waals surface area contributed by atoms with Crippen LogP contribution in [0.2, 0.25) is 0 Å². The number of thiol groups is 1. The van der Waals surface area contributed by atoms with Crippen LogP contribution in [0.3, 0.4) is 0 Å². The number of hydrogen-bond acceptors (Lipinski definition) is 5. The van der Waals surface area contributed by atoms with E-state index in [0.29, 0.717) is 0 Å². The summed E-state index contributed by atoms with van der Waals surface area (Å²) < 4.78 is 4.31. The molecule has 0 rings (SSSR count). The van der Waals surface area contributed by atoms with Crippen molar-refractivity contribution in [1.29, 1.82) is 0 Å². The third kappa shape index (κ3) is 4.20. The molecule has 5 nitrogen and oxygen atoms in total. The lowest BCUT2D eigenvalue weighted by Gasteiger charge is -2.09. The Hall–Kier alpha value is -0.750. The van der Waals surface area contributed by atoms with Crippen molar-refractivity contribution in [2.75, 3.05) is 19.4 Å². The molecule has 0 aliphatic carbocycles. The molecule has 1 atom stereocenters. The van der Waals surface area contributed by atoms with Gasteiger partial charge in [-0.3, -0.25) is 14.9 Å². The number of esters is 1. The molecule has 6 heteroatoms. The van der Waals surface area contributed by atoms with Gasteiger partial charge in [0, 0.05) is 5.75 Å². The predicted octanol–water partition coefficient (Wildman–Crippen LogP) is -0.868. The van der Waals surface area contributed by atoms with Crippen molar-refractivity contribution < 1.29 is 19.4 Å². The first-order chi connectivity index (χ1) is 5.61. The van der Waals surface area contributed by atoms with Crippen LogP contribution in [0, 0.1) is 0 Å². The molecule has 0 aliphatic rings. The molecule has 0 aromatic carbocycles. The van der Waals surface area contributed by atoms with Gasteiger partial charge in [0.15, 0.2) is 0 Å². The van der Waals surface area contributed by atoms with Crippen molar-refractivity contribution in [3.8, 4) is 0 Å². The van der Waals surface area contributed by atoms with Crippen molar-refractivity contribution in [2.45, 2.75) is 6.04 Å². The standard InChI is InChI=1S/C6H11NO4S/c1-11-5(8)2-7-4(3-12)6(9)10/h4,7,12H,2-3H2,1H3,(H,9,10)/t4-/m0/s1. The van der Waals surface area contributed by atoms with Crippen LogP contribution in [0.15, 0.2) is 0 Å². The van der Waals surface area contributed by atoms with E-state index < -0.39 is 18.0 Å². The van der Waals surface area contributed by atoms with Crippen LogP contribution in [0.1, 0.15) is 0 Å². The van der Waals surface area contributed by atoms with Gasteiger partial charge in [-0.1, -0.05) is 0 Å². The van der Waals surface area contributed by atoms with Gasteiger partial charge in [0.1, 0.15) is 6.04 Å². The Kier molecular flexibility index (Phi) is 5.48. The average molecular weight is 193 g/mol. The van der Waals surface area contributed by atoms with E-state index in [2.05, 4.69) is 22.7 Å². The van der Waals surface area contributed by atoms with Crippen molar-refractivity contribution in [1.82, 2.24) is 5.32 Å². The fourth-order valence-corrected chi connectivity index (χ4v) is 0.794. The Bertz CT molecular complexity index is 173. The van der Waals surface area contributed by atoms with Gasteiger partial charge >= 0.3 is 11.9 Å². The average Bonchev–Trinajstić information content (AvgIpc) is 2.04. The summed E-state index contributed by atoms with van der Waals surface area (Å²) in [5, 5.41) is 11.0. The number of hydrogen-bond donors (Lipinski definition) is 3. The summed E-state index contributed by atoms with van der Waals surface area (Å²) in [6, 6.07) is -0.813. The quantitative estimate of drug-likeness (QED) is 0.391. The molecule has 0 heterocycles. The predicted molar refractivity (Wildman–Crippen MR) is 45.3 cm³/mol. The number of rotatable bonds is 5.